The lowest BCUT2D eigenvalue weighted by Crippen LogP contribution is -2.36. The van der Waals surface area contributed by atoms with E-state index >= 15 is 0 Å². The number of aryl methyl sites for hydroxylation is 1. The molecule has 0 unspecified atom stereocenters. The van der Waals surface area contributed by atoms with Crippen LogP contribution in [0.25, 0.3) is 10.1 Å². The van der Waals surface area contributed by atoms with Gasteiger partial charge >= 0.3 is 5.97 Å². The fraction of sp³-hybridized carbons (Fsp3) is 0.250. The molecule has 1 aliphatic heterocycles. The monoisotopic (exact) mass is 432 g/mol. The Labute approximate surface area is 172 Å². The van der Waals surface area contributed by atoms with Crippen molar-refractivity contribution in [1.82, 2.24) is 0 Å². The minimum Gasteiger partial charge on any atom is -0.478 e. The van der Waals surface area contributed by atoms with Crippen LogP contribution in [0.15, 0.2) is 46.7 Å². The molecule has 3 aromatic rings. The van der Waals surface area contributed by atoms with Crippen molar-refractivity contribution in [1.29, 1.82) is 0 Å². The largest absolute Gasteiger partial charge is 0.478 e. The van der Waals surface area contributed by atoms with E-state index in [9.17, 15) is 13.2 Å². The number of carboxylic acids is 1. The highest BCUT2D eigenvalue weighted by Gasteiger charge is 2.23. The van der Waals surface area contributed by atoms with E-state index in [1.54, 1.807) is 6.92 Å². The second kappa shape index (κ2) is 7.66. The van der Waals surface area contributed by atoms with Gasteiger partial charge < -0.3 is 14.7 Å². The van der Waals surface area contributed by atoms with Crippen LogP contribution in [0, 0.1) is 6.92 Å². The molecule has 0 amide bonds. The van der Waals surface area contributed by atoms with Crippen molar-refractivity contribution in [2.24, 2.45) is 0 Å². The van der Waals surface area contributed by atoms with Gasteiger partial charge in [-0.3, -0.25) is 4.72 Å². The number of carbonyl (C=O) groups is 1. The number of benzene rings is 2. The second-order valence-corrected chi connectivity index (χ2v) is 9.72. The van der Waals surface area contributed by atoms with E-state index in [2.05, 4.69) is 9.62 Å². The van der Waals surface area contributed by atoms with Crippen molar-refractivity contribution >= 4 is 48.8 Å². The van der Waals surface area contributed by atoms with Gasteiger partial charge in [0.15, 0.2) is 0 Å². The molecule has 29 heavy (non-hydrogen) atoms. The van der Waals surface area contributed by atoms with Crippen molar-refractivity contribution in [3.8, 4) is 0 Å². The highest BCUT2D eigenvalue weighted by Crippen LogP contribution is 2.37. The summed E-state index contributed by atoms with van der Waals surface area (Å²) in [5.74, 6) is -1.11. The Morgan fingerprint density at radius 3 is 2.66 bits per heavy atom. The van der Waals surface area contributed by atoms with Crippen LogP contribution >= 0.6 is 11.3 Å². The molecule has 1 aromatic heterocycles. The number of anilines is 2. The van der Waals surface area contributed by atoms with Crippen molar-refractivity contribution in [3.05, 3.63) is 53.6 Å². The summed E-state index contributed by atoms with van der Waals surface area (Å²) in [6.45, 7) is 4.77. The van der Waals surface area contributed by atoms with Crippen molar-refractivity contribution in [3.63, 3.8) is 0 Å². The standard InChI is InChI=1S/C20H20N2O5S2/c1-13-17-12-16(22-7-9-27-10-8-22)5-6-18(17)28-20(13)29(25,26)21-15-4-2-3-14(11-15)19(23)24/h2-6,11-12,21H,7-10H2,1H3,(H,23,24). The van der Waals surface area contributed by atoms with Gasteiger partial charge in [-0.1, -0.05) is 6.07 Å². The lowest BCUT2D eigenvalue weighted by Gasteiger charge is -2.28. The van der Waals surface area contributed by atoms with Crippen LogP contribution in [0.3, 0.4) is 0 Å². The molecule has 2 N–H and O–H groups in total. The number of sulfonamides is 1. The molecule has 7 nitrogen and oxygen atoms in total. The van der Waals surface area contributed by atoms with Gasteiger partial charge in [0, 0.05) is 29.2 Å². The first kappa shape index (κ1) is 19.7. The van der Waals surface area contributed by atoms with Crippen molar-refractivity contribution < 1.29 is 23.1 Å². The zero-order chi connectivity index (χ0) is 20.6. The van der Waals surface area contributed by atoms with Crippen LogP contribution in [-0.4, -0.2) is 45.8 Å². The molecule has 1 aliphatic rings. The lowest BCUT2D eigenvalue weighted by atomic mass is 10.1. The molecule has 0 spiro atoms. The average Bonchev–Trinajstić information content (AvgIpc) is 3.05. The average molecular weight is 433 g/mol. The molecular formula is C20H20N2O5S2. The second-order valence-electron chi connectivity index (χ2n) is 6.79. The van der Waals surface area contributed by atoms with Crippen LogP contribution in [0.1, 0.15) is 15.9 Å². The van der Waals surface area contributed by atoms with E-state index in [1.165, 1.54) is 35.6 Å². The fourth-order valence-corrected chi connectivity index (χ4v) is 6.18. The molecular weight excluding hydrogens is 412 g/mol. The quantitative estimate of drug-likeness (QED) is 0.640. The predicted molar refractivity (Wildman–Crippen MR) is 114 cm³/mol. The summed E-state index contributed by atoms with van der Waals surface area (Å²) in [7, 11) is -3.84. The Hall–Kier alpha value is -2.62. The third-order valence-corrected chi connectivity index (χ3v) is 8.13. The SMILES string of the molecule is Cc1c(S(=O)(=O)Nc2cccc(C(=O)O)c2)sc2ccc(N3CCOCC3)cc12. The molecule has 0 aliphatic carbocycles. The Morgan fingerprint density at radius 1 is 1.17 bits per heavy atom. The number of nitrogens with one attached hydrogen (secondary N) is 1. The van der Waals surface area contributed by atoms with Crippen LogP contribution in [0.4, 0.5) is 11.4 Å². The van der Waals surface area contributed by atoms with Gasteiger partial charge in [0.05, 0.1) is 18.8 Å². The zero-order valence-corrected chi connectivity index (χ0v) is 17.3. The van der Waals surface area contributed by atoms with Gasteiger partial charge in [-0.15, -0.1) is 11.3 Å². The third-order valence-electron chi connectivity index (χ3n) is 4.86. The summed E-state index contributed by atoms with van der Waals surface area (Å²) in [6, 6.07) is 11.7. The van der Waals surface area contributed by atoms with Gasteiger partial charge in [0.2, 0.25) is 0 Å². The van der Waals surface area contributed by atoms with Crippen LogP contribution in [-0.2, 0) is 14.8 Å². The molecule has 9 heteroatoms. The van der Waals surface area contributed by atoms with E-state index < -0.39 is 16.0 Å². The highest BCUT2D eigenvalue weighted by molar-refractivity contribution is 7.94. The molecule has 0 radical (unpaired) electrons. The molecule has 4 rings (SSSR count). The van der Waals surface area contributed by atoms with Gasteiger partial charge in [-0.25, -0.2) is 13.2 Å². The summed E-state index contributed by atoms with van der Waals surface area (Å²) >= 11 is 1.21. The number of rotatable bonds is 5. The molecule has 2 heterocycles. The maximum absolute atomic E-state index is 13.0. The zero-order valence-electron chi connectivity index (χ0n) is 15.7. The molecule has 152 valence electrons. The van der Waals surface area contributed by atoms with E-state index in [1.807, 2.05) is 18.2 Å². The predicted octanol–water partition coefficient (Wildman–Crippen LogP) is 3.55. The van der Waals surface area contributed by atoms with Crippen molar-refractivity contribution in [2.75, 3.05) is 35.9 Å². The Morgan fingerprint density at radius 2 is 1.93 bits per heavy atom. The van der Waals surface area contributed by atoms with Crippen LogP contribution in [0.5, 0.6) is 0 Å². The Balaban J connectivity index is 1.68. The van der Waals surface area contributed by atoms with E-state index in [0.29, 0.717) is 18.8 Å². The van der Waals surface area contributed by atoms with E-state index in [4.69, 9.17) is 9.84 Å². The maximum atomic E-state index is 13.0. The molecule has 0 saturated carbocycles. The summed E-state index contributed by atoms with van der Waals surface area (Å²) in [5.41, 5.74) is 1.97. The van der Waals surface area contributed by atoms with Crippen LogP contribution < -0.4 is 9.62 Å². The lowest BCUT2D eigenvalue weighted by molar-refractivity contribution is 0.0697. The number of morpholine rings is 1. The molecule has 1 saturated heterocycles. The minimum absolute atomic E-state index is 0.0217. The summed E-state index contributed by atoms with van der Waals surface area (Å²) in [6.07, 6.45) is 0. The third kappa shape index (κ3) is 3.93. The first-order chi connectivity index (χ1) is 13.8. The number of nitrogens with zero attached hydrogens (tertiary/aromatic N) is 1. The number of fused-ring (bicyclic) bond motifs is 1. The van der Waals surface area contributed by atoms with Gasteiger partial charge in [0.25, 0.3) is 10.0 Å². The molecule has 0 atom stereocenters. The fourth-order valence-electron chi connectivity index (χ4n) is 3.38. The van der Waals surface area contributed by atoms with Gasteiger partial charge in [-0.05, 0) is 54.3 Å². The normalized spacial score (nSPS) is 14.9. The number of hydrogen-bond acceptors (Lipinski definition) is 6. The number of hydrogen-bond donors (Lipinski definition) is 2. The number of aromatic carboxylic acids is 1. The number of carboxylic acid groups (broad SMARTS) is 1. The maximum Gasteiger partial charge on any atom is 0.335 e. The number of thiophene rings is 1. The summed E-state index contributed by atoms with van der Waals surface area (Å²) < 4.78 is 35.0. The molecule has 0 bridgehead atoms. The molecule has 2 aromatic carbocycles. The van der Waals surface area contributed by atoms with Gasteiger partial charge in [0.1, 0.15) is 4.21 Å². The topological polar surface area (TPSA) is 95.9 Å². The first-order valence-electron chi connectivity index (χ1n) is 9.07. The smallest absolute Gasteiger partial charge is 0.335 e. The van der Waals surface area contributed by atoms with Gasteiger partial charge in [-0.2, -0.15) is 0 Å². The molecule has 1 fully saturated rings. The number of ether oxygens (including phenoxy) is 1. The highest BCUT2D eigenvalue weighted by atomic mass is 32.2. The Kier molecular flexibility index (Phi) is 5.20. The Bertz CT molecular complexity index is 1180. The van der Waals surface area contributed by atoms with E-state index in [0.717, 1.165) is 28.9 Å². The first-order valence-corrected chi connectivity index (χ1v) is 11.4. The van der Waals surface area contributed by atoms with Crippen LogP contribution in [0.2, 0.25) is 0 Å². The van der Waals surface area contributed by atoms with E-state index in [-0.39, 0.29) is 15.5 Å². The summed E-state index contributed by atoms with van der Waals surface area (Å²) in [4.78, 5) is 13.4. The summed E-state index contributed by atoms with van der Waals surface area (Å²) in [5, 5.41) is 10.0. The van der Waals surface area contributed by atoms with Crippen molar-refractivity contribution in [2.45, 2.75) is 11.1 Å². The minimum atomic E-state index is -3.84.